The minimum Gasteiger partial charge on any atom is -0.323 e. The van der Waals surface area contributed by atoms with Crippen molar-refractivity contribution in [3.8, 4) is 17.1 Å². The highest BCUT2D eigenvalue weighted by Gasteiger charge is 2.17. The summed E-state index contributed by atoms with van der Waals surface area (Å²) in [6.45, 7) is 0. The second kappa shape index (κ2) is 9.06. The fourth-order valence-electron chi connectivity index (χ4n) is 2.76. The van der Waals surface area contributed by atoms with Gasteiger partial charge in [-0.05, 0) is 42.5 Å². The van der Waals surface area contributed by atoms with Crippen LogP contribution in [0.15, 0.2) is 78.2 Å². The number of halogens is 2. The quantitative estimate of drug-likeness (QED) is 0.435. The van der Waals surface area contributed by atoms with E-state index in [9.17, 15) is 9.18 Å². The molecule has 2 aromatic carbocycles. The van der Waals surface area contributed by atoms with Crippen LogP contribution in [0.5, 0.6) is 0 Å². The van der Waals surface area contributed by atoms with Gasteiger partial charge in [-0.3, -0.25) is 14.3 Å². The molecule has 0 saturated heterocycles. The summed E-state index contributed by atoms with van der Waals surface area (Å²) in [7, 11) is 0. The Bertz CT molecular complexity index is 1170. The Hall–Kier alpha value is -3.23. The number of para-hydroxylation sites is 1. The van der Waals surface area contributed by atoms with Gasteiger partial charge in [0.25, 0.3) is 0 Å². The number of hydrogen-bond donors (Lipinski definition) is 1. The van der Waals surface area contributed by atoms with Crippen LogP contribution in [0.2, 0.25) is 5.02 Å². The number of nitrogens with zero attached hydrogens (tertiary/aromatic N) is 4. The standard InChI is InChI=1S/C21H15ClFN5OS/c22-15-8-9-18(17(23)11-15)25-19(29)13-30-21-27-26-20(14-5-4-10-24-12-14)28(21)16-6-2-1-3-7-16/h1-12H,13H2,(H,25,29). The summed E-state index contributed by atoms with van der Waals surface area (Å²) in [4.78, 5) is 16.5. The van der Waals surface area contributed by atoms with Crippen LogP contribution >= 0.6 is 23.4 Å². The number of anilines is 1. The van der Waals surface area contributed by atoms with Gasteiger partial charge in [0.15, 0.2) is 11.0 Å². The summed E-state index contributed by atoms with van der Waals surface area (Å²) in [6, 6.07) is 17.4. The minimum absolute atomic E-state index is 0.0279. The molecule has 2 aromatic heterocycles. The molecule has 0 unspecified atom stereocenters. The third-order valence-corrected chi connectivity index (χ3v) is 5.27. The fraction of sp³-hybridized carbons (Fsp3) is 0.0476. The number of rotatable bonds is 6. The van der Waals surface area contributed by atoms with E-state index in [1.165, 1.54) is 23.9 Å². The van der Waals surface area contributed by atoms with Crippen molar-refractivity contribution in [2.24, 2.45) is 0 Å². The number of thioether (sulfide) groups is 1. The molecular weight excluding hydrogens is 425 g/mol. The van der Waals surface area contributed by atoms with Gasteiger partial charge in [0, 0.05) is 28.7 Å². The molecule has 0 fully saturated rings. The second-order valence-corrected chi connectivity index (χ2v) is 7.56. The molecule has 4 aromatic rings. The van der Waals surface area contributed by atoms with Crippen LogP contribution in [0.4, 0.5) is 10.1 Å². The molecule has 150 valence electrons. The molecule has 0 aliphatic carbocycles. The molecule has 0 spiro atoms. The van der Waals surface area contributed by atoms with Gasteiger partial charge in [-0.25, -0.2) is 4.39 Å². The van der Waals surface area contributed by atoms with E-state index in [1.54, 1.807) is 12.4 Å². The van der Waals surface area contributed by atoms with E-state index in [-0.39, 0.29) is 22.4 Å². The highest BCUT2D eigenvalue weighted by atomic mass is 35.5. The zero-order valence-electron chi connectivity index (χ0n) is 15.5. The van der Waals surface area contributed by atoms with Crippen molar-refractivity contribution in [1.82, 2.24) is 19.7 Å². The lowest BCUT2D eigenvalue weighted by Gasteiger charge is -2.10. The first-order valence-electron chi connectivity index (χ1n) is 8.91. The van der Waals surface area contributed by atoms with Crippen molar-refractivity contribution < 1.29 is 9.18 Å². The first kappa shape index (κ1) is 20.1. The van der Waals surface area contributed by atoms with Crippen LogP contribution in [0.3, 0.4) is 0 Å². The Labute approximate surface area is 181 Å². The predicted molar refractivity (Wildman–Crippen MR) is 115 cm³/mol. The van der Waals surface area contributed by atoms with Gasteiger partial charge in [0.1, 0.15) is 5.82 Å². The second-order valence-electron chi connectivity index (χ2n) is 6.18. The molecule has 0 aliphatic heterocycles. The van der Waals surface area contributed by atoms with Crippen LogP contribution in [0.1, 0.15) is 0 Å². The summed E-state index contributed by atoms with van der Waals surface area (Å²) >= 11 is 6.95. The van der Waals surface area contributed by atoms with E-state index in [0.29, 0.717) is 11.0 Å². The summed E-state index contributed by atoms with van der Waals surface area (Å²) in [6.07, 6.45) is 3.39. The Morgan fingerprint density at radius 2 is 1.93 bits per heavy atom. The molecule has 0 saturated carbocycles. The zero-order valence-corrected chi connectivity index (χ0v) is 17.1. The number of benzene rings is 2. The molecule has 6 nitrogen and oxygen atoms in total. The maximum atomic E-state index is 13.9. The molecule has 4 rings (SSSR count). The van der Waals surface area contributed by atoms with Crippen LogP contribution < -0.4 is 5.32 Å². The SMILES string of the molecule is O=C(CSc1nnc(-c2cccnc2)n1-c1ccccc1)Nc1ccc(Cl)cc1F. The first-order chi connectivity index (χ1) is 14.6. The van der Waals surface area contributed by atoms with Crippen LogP contribution in [0.25, 0.3) is 17.1 Å². The Kier molecular flexibility index (Phi) is 6.06. The highest BCUT2D eigenvalue weighted by Crippen LogP contribution is 2.28. The fourth-order valence-corrected chi connectivity index (χ4v) is 3.67. The maximum absolute atomic E-state index is 13.9. The zero-order chi connectivity index (χ0) is 20.9. The summed E-state index contributed by atoms with van der Waals surface area (Å²) in [5, 5.41) is 11.9. The smallest absolute Gasteiger partial charge is 0.234 e. The van der Waals surface area contributed by atoms with Crippen molar-refractivity contribution in [2.75, 3.05) is 11.1 Å². The van der Waals surface area contributed by atoms with Gasteiger partial charge >= 0.3 is 0 Å². The van der Waals surface area contributed by atoms with Crippen molar-refractivity contribution in [2.45, 2.75) is 5.16 Å². The Morgan fingerprint density at radius 1 is 1.10 bits per heavy atom. The van der Waals surface area contributed by atoms with E-state index >= 15 is 0 Å². The predicted octanol–water partition coefficient (Wildman–Crippen LogP) is 4.85. The molecular formula is C21H15ClFN5OS. The maximum Gasteiger partial charge on any atom is 0.234 e. The van der Waals surface area contributed by atoms with E-state index in [4.69, 9.17) is 11.6 Å². The van der Waals surface area contributed by atoms with Gasteiger partial charge in [0.05, 0.1) is 11.4 Å². The average Bonchev–Trinajstić information content (AvgIpc) is 3.19. The Morgan fingerprint density at radius 3 is 2.67 bits per heavy atom. The molecule has 0 atom stereocenters. The van der Waals surface area contributed by atoms with Crippen molar-refractivity contribution in [3.05, 3.63) is 83.9 Å². The molecule has 0 radical (unpaired) electrons. The third-order valence-electron chi connectivity index (χ3n) is 4.11. The highest BCUT2D eigenvalue weighted by molar-refractivity contribution is 7.99. The molecule has 30 heavy (non-hydrogen) atoms. The lowest BCUT2D eigenvalue weighted by atomic mass is 10.2. The average molecular weight is 440 g/mol. The van der Waals surface area contributed by atoms with E-state index in [1.807, 2.05) is 47.0 Å². The first-order valence-corrected chi connectivity index (χ1v) is 10.3. The third kappa shape index (κ3) is 4.50. The van der Waals surface area contributed by atoms with E-state index in [2.05, 4.69) is 20.5 Å². The van der Waals surface area contributed by atoms with Gasteiger partial charge in [0.2, 0.25) is 5.91 Å². The summed E-state index contributed by atoms with van der Waals surface area (Å²) in [5.74, 6) is -0.319. The van der Waals surface area contributed by atoms with Gasteiger partial charge in [-0.1, -0.05) is 41.6 Å². The molecule has 1 amide bonds. The van der Waals surface area contributed by atoms with Crippen LogP contribution in [-0.2, 0) is 4.79 Å². The molecule has 0 aliphatic rings. The molecule has 9 heteroatoms. The number of carbonyl (C=O) groups excluding carboxylic acids is 1. The lowest BCUT2D eigenvalue weighted by molar-refractivity contribution is -0.113. The van der Waals surface area contributed by atoms with Gasteiger partial charge in [-0.15, -0.1) is 10.2 Å². The summed E-state index contributed by atoms with van der Waals surface area (Å²) < 4.78 is 15.8. The van der Waals surface area contributed by atoms with Gasteiger partial charge in [-0.2, -0.15) is 0 Å². The normalized spacial score (nSPS) is 10.7. The molecule has 2 heterocycles. The number of aromatic nitrogens is 4. The molecule has 0 bridgehead atoms. The lowest BCUT2D eigenvalue weighted by Crippen LogP contribution is -2.15. The number of nitrogens with one attached hydrogen (secondary N) is 1. The van der Waals surface area contributed by atoms with E-state index < -0.39 is 5.82 Å². The van der Waals surface area contributed by atoms with Crippen molar-refractivity contribution in [1.29, 1.82) is 0 Å². The largest absolute Gasteiger partial charge is 0.323 e. The summed E-state index contributed by atoms with van der Waals surface area (Å²) in [5.41, 5.74) is 1.73. The van der Waals surface area contributed by atoms with Crippen molar-refractivity contribution in [3.63, 3.8) is 0 Å². The Balaban J connectivity index is 1.57. The van der Waals surface area contributed by atoms with Crippen LogP contribution in [-0.4, -0.2) is 31.4 Å². The van der Waals surface area contributed by atoms with Crippen LogP contribution in [0, 0.1) is 5.82 Å². The number of hydrogen-bond acceptors (Lipinski definition) is 5. The molecule has 1 N–H and O–H groups in total. The minimum atomic E-state index is -0.591. The van der Waals surface area contributed by atoms with E-state index in [0.717, 1.165) is 17.3 Å². The van der Waals surface area contributed by atoms with Crippen molar-refractivity contribution >= 4 is 35.0 Å². The number of carbonyl (C=O) groups is 1. The number of amides is 1. The monoisotopic (exact) mass is 439 g/mol. The number of pyridine rings is 1. The van der Waals surface area contributed by atoms with Gasteiger partial charge < -0.3 is 5.32 Å². The topological polar surface area (TPSA) is 72.7 Å².